The Morgan fingerprint density at radius 1 is 1.50 bits per heavy atom. The first-order chi connectivity index (χ1) is 4.76. The van der Waals surface area contributed by atoms with E-state index in [0.29, 0.717) is 12.1 Å². The SMILES string of the molecule is CCCC(OC)C(C)NC. The lowest BCUT2D eigenvalue weighted by Crippen LogP contribution is -2.35. The quantitative estimate of drug-likeness (QED) is 0.631. The van der Waals surface area contributed by atoms with Gasteiger partial charge in [0.1, 0.15) is 0 Å². The fourth-order valence-electron chi connectivity index (χ4n) is 1.04. The molecule has 0 spiro atoms. The second-order valence-corrected chi connectivity index (χ2v) is 2.64. The second-order valence-electron chi connectivity index (χ2n) is 2.64. The molecule has 2 atom stereocenters. The number of ether oxygens (including phenoxy) is 1. The smallest absolute Gasteiger partial charge is 0.0721 e. The second kappa shape index (κ2) is 5.69. The van der Waals surface area contributed by atoms with E-state index in [9.17, 15) is 0 Å². The number of hydrogen-bond donors (Lipinski definition) is 1. The molecule has 0 aliphatic rings. The van der Waals surface area contributed by atoms with Gasteiger partial charge in [0.2, 0.25) is 0 Å². The van der Waals surface area contributed by atoms with Crippen molar-refractivity contribution in [3.63, 3.8) is 0 Å². The Morgan fingerprint density at radius 2 is 2.10 bits per heavy atom. The van der Waals surface area contributed by atoms with Crippen LogP contribution in [0.15, 0.2) is 0 Å². The molecule has 0 aromatic heterocycles. The largest absolute Gasteiger partial charge is 0.380 e. The van der Waals surface area contributed by atoms with Crippen molar-refractivity contribution in [3.8, 4) is 0 Å². The first-order valence-electron chi connectivity index (χ1n) is 3.96. The molecule has 1 N–H and O–H groups in total. The third-order valence-corrected chi connectivity index (χ3v) is 1.89. The minimum Gasteiger partial charge on any atom is -0.380 e. The summed E-state index contributed by atoms with van der Waals surface area (Å²) in [5.74, 6) is 0. The molecule has 0 fully saturated rings. The standard InChI is InChI=1S/C8H19NO/c1-5-6-8(10-4)7(2)9-3/h7-9H,5-6H2,1-4H3. The van der Waals surface area contributed by atoms with Crippen LogP contribution in [0.5, 0.6) is 0 Å². The minimum absolute atomic E-state index is 0.370. The van der Waals surface area contributed by atoms with Crippen LogP contribution in [-0.4, -0.2) is 26.3 Å². The molecule has 2 nitrogen and oxygen atoms in total. The van der Waals surface area contributed by atoms with Gasteiger partial charge in [-0.1, -0.05) is 13.3 Å². The summed E-state index contributed by atoms with van der Waals surface area (Å²) in [6, 6.07) is 0.463. The molecule has 0 aliphatic carbocycles. The summed E-state index contributed by atoms with van der Waals surface area (Å²) >= 11 is 0. The van der Waals surface area contributed by atoms with Gasteiger partial charge >= 0.3 is 0 Å². The van der Waals surface area contributed by atoms with Crippen LogP contribution in [0.3, 0.4) is 0 Å². The van der Waals surface area contributed by atoms with Gasteiger partial charge in [0, 0.05) is 13.2 Å². The molecule has 0 radical (unpaired) electrons. The zero-order valence-corrected chi connectivity index (χ0v) is 7.48. The average Bonchev–Trinajstić information content (AvgIpc) is 1.99. The van der Waals surface area contributed by atoms with E-state index < -0.39 is 0 Å². The van der Waals surface area contributed by atoms with Gasteiger partial charge in [-0.25, -0.2) is 0 Å². The van der Waals surface area contributed by atoms with Crippen LogP contribution in [0.25, 0.3) is 0 Å². The Kier molecular flexibility index (Phi) is 5.64. The van der Waals surface area contributed by atoms with Crippen LogP contribution < -0.4 is 5.32 Å². The van der Waals surface area contributed by atoms with Gasteiger partial charge < -0.3 is 10.1 Å². The summed E-state index contributed by atoms with van der Waals surface area (Å²) in [5.41, 5.74) is 0. The summed E-state index contributed by atoms with van der Waals surface area (Å²) in [5, 5.41) is 3.18. The van der Waals surface area contributed by atoms with Crippen molar-refractivity contribution in [2.45, 2.75) is 38.8 Å². The van der Waals surface area contributed by atoms with Crippen molar-refractivity contribution in [2.75, 3.05) is 14.2 Å². The highest BCUT2D eigenvalue weighted by Crippen LogP contribution is 2.04. The Labute approximate surface area is 64.0 Å². The average molecular weight is 145 g/mol. The molecular weight excluding hydrogens is 126 g/mol. The van der Waals surface area contributed by atoms with Gasteiger partial charge in [-0.3, -0.25) is 0 Å². The van der Waals surface area contributed by atoms with Gasteiger partial charge in [0.05, 0.1) is 6.10 Å². The maximum atomic E-state index is 5.28. The Hall–Kier alpha value is -0.0800. The van der Waals surface area contributed by atoms with E-state index in [2.05, 4.69) is 19.2 Å². The third-order valence-electron chi connectivity index (χ3n) is 1.89. The van der Waals surface area contributed by atoms with E-state index in [1.807, 2.05) is 7.05 Å². The Bertz CT molecular complexity index is 75.7. The number of likely N-dealkylation sites (N-methyl/N-ethyl adjacent to an activating group) is 1. The Balaban J connectivity index is 3.56. The fraction of sp³-hybridized carbons (Fsp3) is 1.00. The highest BCUT2D eigenvalue weighted by atomic mass is 16.5. The fourth-order valence-corrected chi connectivity index (χ4v) is 1.04. The topological polar surface area (TPSA) is 21.3 Å². The summed E-state index contributed by atoms with van der Waals surface area (Å²) in [7, 11) is 3.74. The van der Waals surface area contributed by atoms with Crippen LogP contribution in [0, 0.1) is 0 Å². The van der Waals surface area contributed by atoms with Crippen molar-refractivity contribution in [2.24, 2.45) is 0 Å². The van der Waals surface area contributed by atoms with Crippen molar-refractivity contribution >= 4 is 0 Å². The highest BCUT2D eigenvalue weighted by Gasteiger charge is 2.12. The van der Waals surface area contributed by atoms with Gasteiger partial charge in [0.25, 0.3) is 0 Å². The molecule has 0 bridgehead atoms. The molecule has 0 rings (SSSR count). The summed E-state index contributed by atoms with van der Waals surface area (Å²) in [6.45, 7) is 4.32. The van der Waals surface area contributed by atoms with E-state index in [1.165, 1.54) is 6.42 Å². The normalized spacial score (nSPS) is 16.8. The van der Waals surface area contributed by atoms with Gasteiger partial charge in [-0.05, 0) is 20.4 Å². The predicted molar refractivity (Wildman–Crippen MR) is 44.2 cm³/mol. The molecule has 0 amide bonds. The molecule has 2 heteroatoms. The van der Waals surface area contributed by atoms with Crippen LogP contribution >= 0.6 is 0 Å². The maximum absolute atomic E-state index is 5.28. The monoisotopic (exact) mass is 145 g/mol. The lowest BCUT2D eigenvalue weighted by molar-refractivity contribution is 0.0687. The molecule has 0 aromatic rings. The molecule has 10 heavy (non-hydrogen) atoms. The molecule has 62 valence electrons. The summed E-state index contributed by atoms with van der Waals surface area (Å²) in [4.78, 5) is 0. The lowest BCUT2D eigenvalue weighted by Gasteiger charge is -2.21. The van der Waals surface area contributed by atoms with Crippen LogP contribution in [0.4, 0.5) is 0 Å². The van der Waals surface area contributed by atoms with Crippen molar-refractivity contribution in [1.29, 1.82) is 0 Å². The predicted octanol–water partition coefficient (Wildman–Crippen LogP) is 1.41. The van der Waals surface area contributed by atoms with Crippen molar-refractivity contribution in [3.05, 3.63) is 0 Å². The van der Waals surface area contributed by atoms with Crippen LogP contribution in [0.1, 0.15) is 26.7 Å². The number of hydrogen-bond acceptors (Lipinski definition) is 2. The van der Waals surface area contributed by atoms with Crippen LogP contribution in [-0.2, 0) is 4.74 Å². The van der Waals surface area contributed by atoms with Gasteiger partial charge in [-0.15, -0.1) is 0 Å². The maximum Gasteiger partial charge on any atom is 0.0721 e. The zero-order chi connectivity index (χ0) is 7.98. The van der Waals surface area contributed by atoms with E-state index in [-0.39, 0.29) is 0 Å². The molecule has 0 saturated heterocycles. The zero-order valence-electron chi connectivity index (χ0n) is 7.48. The first-order valence-corrected chi connectivity index (χ1v) is 3.96. The van der Waals surface area contributed by atoms with E-state index in [0.717, 1.165) is 6.42 Å². The number of rotatable bonds is 5. The first kappa shape index (κ1) is 9.92. The molecule has 0 aliphatic heterocycles. The van der Waals surface area contributed by atoms with Gasteiger partial charge in [-0.2, -0.15) is 0 Å². The highest BCUT2D eigenvalue weighted by molar-refractivity contribution is 4.69. The molecule has 0 saturated carbocycles. The third kappa shape index (κ3) is 3.18. The molecule has 0 heterocycles. The van der Waals surface area contributed by atoms with Crippen LogP contribution in [0.2, 0.25) is 0 Å². The molecular formula is C8H19NO. The summed E-state index contributed by atoms with van der Waals surface area (Å²) in [6.07, 6.45) is 2.69. The number of nitrogens with one attached hydrogen (secondary N) is 1. The van der Waals surface area contributed by atoms with E-state index in [1.54, 1.807) is 7.11 Å². The molecule has 2 unspecified atom stereocenters. The van der Waals surface area contributed by atoms with E-state index >= 15 is 0 Å². The van der Waals surface area contributed by atoms with E-state index in [4.69, 9.17) is 4.74 Å². The minimum atomic E-state index is 0.370. The number of methoxy groups -OCH3 is 1. The summed E-state index contributed by atoms with van der Waals surface area (Å²) < 4.78 is 5.28. The van der Waals surface area contributed by atoms with Crippen molar-refractivity contribution in [1.82, 2.24) is 5.32 Å². The van der Waals surface area contributed by atoms with Crippen molar-refractivity contribution < 1.29 is 4.74 Å². The molecule has 0 aromatic carbocycles. The lowest BCUT2D eigenvalue weighted by atomic mass is 10.1. The Morgan fingerprint density at radius 3 is 2.40 bits per heavy atom. The van der Waals surface area contributed by atoms with Gasteiger partial charge in [0.15, 0.2) is 0 Å².